The van der Waals surface area contributed by atoms with Crippen molar-refractivity contribution in [3.05, 3.63) is 70.2 Å². The highest BCUT2D eigenvalue weighted by Gasteiger charge is 2.16. The molecule has 0 spiro atoms. The molecule has 0 saturated carbocycles. The molecule has 1 aromatic heterocycles. The monoisotopic (exact) mass is 431 g/mol. The lowest BCUT2D eigenvalue weighted by Crippen LogP contribution is -2.13. The third-order valence-corrected chi connectivity index (χ3v) is 5.20. The summed E-state index contributed by atoms with van der Waals surface area (Å²) in [5, 5.41) is 6.98. The van der Waals surface area contributed by atoms with Gasteiger partial charge in [0.25, 0.3) is 11.8 Å². The molecular formula is C20H18FN3O3S2. The number of hydrogen-bond donors (Lipinski definition) is 3. The number of carbonyl (C=O) groups excluding carboxylic acids is 2. The van der Waals surface area contributed by atoms with Gasteiger partial charge in [-0.1, -0.05) is 18.0 Å². The number of rotatable bonds is 7. The summed E-state index contributed by atoms with van der Waals surface area (Å²) in [6, 6.07) is 12.6. The maximum Gasteiger partial charge on any atom is 0.265 e. The van der Waals surface area contributed by atoms with Crippen LogP contribution in [-0.4, -0.2) is 25.2 Å². The van der Waals surface area contributed by atoms with Gasteiger partial charge in [0.1, 0.15) is 11.6 Å². The molecule has 0 radical (unpaired) electrons. The van der Waals surface area contributed by atoms with Crippen LogP contribution in [-0.2, 0) is 0 Å². The van der Waals surface area contributed by atoms with E-state index in [9.17, 15) is 14.0 Å². The molecule has 0 bridgehead atoms. The quantitative estimate of drug-likeness (QED) is 0.454. The molecule has 1 heterocycles. The topological polar surface area (TPSA) is 79.5 Å². The van der Waals surface area contributed by atoms with E-state index in [0.29, 0.717) is 21.9 Å². The van der Waals surface area contributed by atoms with E-state index >= 15 is 0 Å². The van der Waals surface area contributed by atoms with Crippen molar-refractivity contribution in [1.29, 1.82) is 0 Å². The molecule has 6 nitrogen and oxygen atoms in total. The molecule has 3 aromatic rings. The Morgan fingerprint density at radius 3 is 2.59 bits per heavy atom. The zero-order valence-corrected chi connectivity index (χ0v) is 17.2. The summed E-state index contributed by atoms with van der Waals surface area (Å²) in [7, 11) is 1.43. The Hall–Kier alpha value is -3.04. The number of nitrogens with one attached hydrogen (secondary N) is 3. The highest BCUT2D eigenvalue weighted by molar-refractivity contribution is 7.99. The first-order chi connectivity index (χ1) is 14.0. The lowest BCUT2D eigenvalue weighted by atomic mass is 10.2. The molecular weight excluding hydrogens is 413 g/mol. The summed E-state index contributed by atoms with van der Waals surface area (Å²) < 4.78 is 21.7. The van der Waals surface area contributed by atoms with E-state index in [4.69, 9.17) is 4.74 Å². The molecule has 150 valence electrons. The van der Waals surface area contributed by atoms with Gasteiger partial charge in [0.15, 0.2) is 0 Å². The van der Waals surface area contributed by atoms with Crippen molar-refractivity contribution in [2.75, 3.05) is 28.7 Å². The summed E-state index contributed by atoms with van der Waals surface area (Å²) >= 11 is 2.60. The minimum atomic E-state index is -0.496. The molecule has 0 unspecified atom stereocenters. The molecule has 0 aliphatic rings. The van der Waals surface area contributed by atoms with E-state index in [0.717, 1.165) is 17.0 Å². The number of thiophene rings is 1. The Kier molecular flexibility index (Phi) is 6.73. The Morgan fingerprint density at radius 2 is 1.83 bits per heavy atom. The van der Waals surface area contributed by atoms with Gasteiger partial charge in [-0.15, -0.1) is 11.3 Å². The van der Waals surface area contributed by atoms with Crippen LogP contribution in [0.1, 0.15) is 20.0 Å². The van der Waals surface area contributed by atoms with E-state index in [1.165, 1.54) is 43.3 Å². The zero-order chi connectivity index (χ0) is 20.8. The van der Waals surface area contributed by atoms with Crippen LogP contribution in [0.3, 0.4) is 0 Å². The number of benzene rings is 2. The fraction of sp³-hybridized carbons (Fsp3) is 0.100. The van der Waals surface area contributed by atoms with Gasteiger partial charge in [0.05, 0.1) is 23.2 Å². The summed E-state index contributed by atoms with van der Waals surface area (Å²) in [5.74, 6) is -0.939. The first-order valence-corrected chi connectivity index (χ1v) is 10.5. The van der Waals surface area contributed by atoms with Crippen molar-refractivity contribution in [3.8, 4) is 5.75 Å². The molecule has 2 amide bonds. The van der Waals surface area contributed by atoms with Gasteiger partial charge in [-0.3, -0.25) is 9.59 Å². The minimum absolute atomic E-state index is 0.216. The summed E-state index contributed by atoms with van der Waals surface area (Å²) in [5.41, 5.74) is 2.01. The van der Waals surface area contributed by atoms with Gasteiger partial charge in [-0.05, 0) is 36.4 Å². The van der Waals surface area contributed by atoms with E-state index in [1.54, 1.807) is 11.4 Å². The van der Waals surface area contributed by atoms with Crippen molar-refractivity contribution in [1.82, 2.24) is 0 Å². The number of halogens is 1. The lowest BCUT2D eigenvalue weighted by Gasteiger charge is -2.09. The predicted molar refractivity (Wildman–Crippen MR) is 117 cm³/mol. The van der Waals surface area contributed by atoms with Gasteiger partial charge in [-0.2, -0.15) is 0 Å². The molecule has 0 aliphatic carbocycles. The van der Waals surface area contributed by atoms with Gasteiger partial charge in [0.2, 0.25) is 0 Å². The Bertz CT molecular complexity index is 1040. The van der Waals surface area contributed by atoms with Gasteiger partial charge in [0, 0.05) is 29.1 Å². The standard InChI is InChI=1S/C20H18FN3O3S2/c1-27-17-7-6-13(21)9-16(17)23-19(25)12-8-18(29-11-12)20(26)22-14-4-3-5-15(10-14)24-28-2/h3-11,24H,1-2H3,(H,22,26)(H,23,25). The first kappa shape index (κ1) is 20.7. The van der Waals surface area contributed by atoms with E-state index in [2.05, 4.69) is 15.4 Å². The highest BCUT2D eigenvalue weighted by atomic mass is 32.2. The zero-order valence-electron chi connectivity index (χ0n) is 15.6. The van der Waals surface area contributed by atoms with Crippen LogP contribution in [0, 0.1) is 5.82 Å². The van der Waals surface area contributed by atoms with Crippen molar-refractivity contribution in [3.63, 3.8) is 0 Å². The molecule has 0 aliphatic heterocycles. The fourth-order valence-electron chi connectivity index (χ4n) is 2.52. The van der Waals surface area contributed by atoms with Crippen LogP contribution in [0.5, 0.6) is 5.75 Å². The summed E-state index contributed by atoms with van der Waals surface area (Å²) in [6.45, 7) is 0. The van der Waals surface area contributed by atoms with E-state index < -0.39 is 11.7 Å². The normalized spacial score (nSPS) is 10.3. The molecule has 3 N–H and O–H groups in total. The number of ether oxygens (including phenoxy) is 1. The average molecular weight is 432 g/mol. The fourth-order valence-corrected chi connectivity index (χ4v) is 3.66. The number of carbonyl (C=O) groups is 2. The van der Waals surface area contributed by atoms with Crippen LogP contribution in [0.2, 0.25) is 0 Å². The Balaban J connectivity index is 1.70. The molecule has 0 fully saturated rings. The third kappa shape index (κ3) is 5.27. The smallest absolute Gasteiger partial charge is 0.265 e. The number of hydrogen-bond acceptors (Lipinski definition) is 6. The van der Waals surface area contributed by atoms with Crippen molar-refractivity contribution in [2.24, 2.45) is 0 Å². The molecule has 29 heavy (non-hydrogen) atoms. The van der Waals surface area contributed by atoms with Crippen molar-refractivity contribution < 1.29 is 18.7 Å². The second-order valence-corrected chi connectivity index (χ2v) is 7.36. The Labute approximate surface area is 175 Å². The minimum Gasteiger partial charge on any atom is -0.495 e. The summed E-state index contributed by atoms with van der Waals surface area (Å²) in [6.07, 6.45) is 1.91. The van der Waals surface area contributed by atoms with Crippen LogP contribution in [0.25, 0.3) is 0 Å². The average Bonchev–Trinajstić information content (AvgIpc) is 3.19. The maximum absolute atomic E-state index is 13.5. The van der Waals surface area contributed by atoms with Crippen molar-refractivity contribution >= 4 is 52.2 Å². The van der Waals surface area contributed by atoms with E-state index in [-0.39, 0.29) is 11.6 Å². The van der Waals surface area contributed by atoms with Crippen molar-refractivity contribution in [2.45, 2.75) is 0 Å². The van der Waals surface area contributed by atoms with Gasteiger partial charge in [-0.25, -0.2) is 4.39 Å². The first-order valence-electron chi connectivity index (χ1n) is 8.44. The third-order valence-electron chi connectivity index (χ3n) is 3.84. The molecule has 3 rings (SSSR count). The summed E-state index contributed by atoms with van der Waals surface area (Å²) in [4.78, 5) is 25.4. The molecule has 9 heteroatoms. The molecule has 2 aromatic carbocycles. The Morgan fingerprint density at radius 1 is 1.03 bits per heavy atom. The maximum atomic E-state index is 13.5. The largest absolute Gasteiger partial charge is 0.495 e. The molecule has 0 atom stereocenters. The number of amides is 2. The van der Waals surface area contributed by atoms with E-state index in [1.807, 2.05) is 24.5 Å². The lowest BCUT2D eigenvalue weighted by molar-refractivity contribution is 0.102. The second kappa shape index (κ2) is 9.44. The number of methoxy groups -OCH3 is 1. The van der Waals surface area contributed by atoms with Crippen LogP contribution in [0.4, 0.5) is 21.5 Å². The van der Waals surface area contributed by atoms with Crippen LogP contribution >= 0.6 is 23.3 Å². The highest BCUT2D eigenvalue weighted by Crippen LogP contribution is 2.26. The number of anilines is 3. The van der Waals surface area contributed by atoms with Crippen LogP contribution < -0.4 is 20.1 Å². The van der Waals surface area contributed by atoms with Gasteiger partial charge >= 0.3 is 0 Å². The molecule has 0 saturated heterocycles. The van der Waals surface area contributed by atoms with Gasteiger partial charge < -0.3 is 20.1 Å². The second-order valence-electron chi connectivity index (χ2n) is 5.84. The predicted octanol–water partition coefficient (Wildman–Crippen LogP) is 5.09. The SMILES string of the molecule is COc1ccc(F)cc1NC(=O)c1csc(C(=O)Nc2cccc(NSC)c2)c1. The van der Waals surface area contributed by atoms with Crippen LogP contribution in [0.15, 0.2) is 53.9 Å².